The van der Waals surface area contributed by atoms with E-state index in [0.717, 1.165) is 0 Å². The third kappa shape index (κ3) is 3.92. The van der Waals surface area contributed by atoms with Crippen LogP contribution in [0.25, 0.3) is 0 Å². The zero-order valence-corrected chi connectivity index (χ0v) is 10.9. The van der Waals surface area contributed by atoms with Gasteiger partial charge in [0.1, 0.15) is 11.5 Å². The van der Waals surface area contributed by atoms with E-state index in [2.05, 4.69) is 5.32 Å². The summed E-state index contributed by atoms with van der Waals surface area (Å²) in [4.78, 5) is 11.3. The van der Waals surface area contributed by atoms with Crippen molar-refractivity contribution in [1.82, 2.24) is 5.32 Å². The molecule has 0 heterocycles. The normalized spacial score (nSPS) is 11.8. The second-order valence-corrected chi connectivity index (χ2v) is 3.82. The Morgan fingerprint density at radius 1 is 1.50 bits per heavy atom. The van der Waals surface area contributed by atoms with Crippen LogP contribution in [-0.4, -0.2) is 31.3 Å². The van der Waals surface area contributed by atoms with Gasteiger partial charge in [0.05, 0.1) is 13.2 Å². The van der Waals surface area contributed by atoms with E-state index < -0.39 is 6.10 Å². The van der Waals surface area contributed by atoms with E-state index in [0.29, 0.717) is 23.6 Å². The highest BCUT2D eigenvalue weighted by molar-refractivity contribution is 5.77. The number of nitrogens with one attached hydrogen (secondary N) is 1. The number of aliphatic hydroxyl groups is 1. The Hall–Kier alpha value is -1.75. The first-order valence-corrected chi connectivity index (χ1v) is 5.84. The van der Waals surface area contributed by atoms with Crippen LogP contribution >= 0.6 is 0 Å². The second kappa shape index (κ2) is 6.86. The Kier molecular flexibility index (Phi) is 5.45. The molecule has 0 fully saturated rings. The molecule has 0 aliphatic heterocycles. The summed E-state index contributed by atoms with van der Waals surface area (Å²) in [6.45, 7) is 3.95. The van der Waals surface area contributed by atoms with Crippen LogP contribution in [0.2, 0.25) is 0 Å². The van der Waals surface area contributed by atoms with Gasteiger partial charge in [-0.25, -0.2) is 0 Å². The first-order valence-electron chi connectivity index (χ1n) is 5.84. The number of likely N-dealkylation sites (N-methyl/N-ethyl adjacent to an activating group) is 1. The Balaban J connectivity index is 2.80. The number of ether oxygens (including phenoxy) is 2. The molecule has 5 nitrogen and oxygen atoms in total. The molecular formula is C13H19NO4. The highest BCUT2D eigenvalue weighted by Gasteiger charge is 2.12. The molecule has 2 N–H and O–H groups in total. The van der Waals surface area contributed by atoms with Gasteiger partial charge in [0.25, 0.3) is 5.91 Å². The van der Waals surface area contributed by atoms with E-state index in [-0.39, 0.29) is 12.5 Å². The SMILES string of the molecule is CCNC(=O)COc1cc(OC)ccc1C(C)O. The molecule has 0 aliphatic rings. The lowest BCUT2D eigenvalue weighted by atomic mass is 10.1. The van der Waals surface area contributed by atoms with E-state index in [9.17, 15) is 9.90 Å². The van der Waals surface area contributed by atoms with Crippen molar-refractivity contribution in [1.29, 1.82) is 0 Å². The number of hydrogen-bond donors (Lipinski definition) is 2. The fraction of sp³-hybridized carbons (Fsp3) is 0.462. The number of aliphatic hydroxyl groups excluding tert-OH is 1. The number of carbonyl (C=O) groups excluding carboxylic acids is 1. The molecule has 100 valence electrons. The lowest BCUT2D eigenvalue weighted by Gasteiger charge is -2.14. The maximum Gasteiger partial charge on any atom is 0.257 e. The lowest BCUT2D eigenvalue weighted by molar-refractivity contribution is -0.123. The number of amides is 1. The first-order chi connectivity index (χ1) is 8.58. The van der Waals surface area contributed by atoms with Crippen LogP contribution in [0.1, 0.15) is 25.5 Å². The second-order valence-electron chi connectivity index (χ2n) is 3.82. The van der Waals surface area contributed by atoms with Crippen LogP contribution < -0.4 is 14.8 Å². The average Bonchev–Trinajstić information content (AvgIpc) is 2.36. The van der Waals surface area contributed by atoms with E-state index in [1.54, 1.807) is 32.2 Å². The molecule has 1 amide bonds. The molecule has 0 radical (unpaired) electrons. The summed E-state index contributed by atoms with van der Waals surface area (Å²) in [5.41, 5.74) is 0.625. The molecule has 0 aliphatic carbocycles. The number of carbonyl (C=O) groups is 1. The third-order valence-electron chi connectivity index (χ3n) is 2.40. The first kappa shape index (κ1) is 14.3. The highest BCUT2D eigenvalue weighted by Crippen LogP contribution is 2.29. The molecule has 1 aromatic rings. The fourth-order valence-corrected chi connectivity index (χ4v) is 1.50. The van der Waals surface area contributed by atoms with Gasteiger partial charge in [0.2, 0.25) is 0 Å². The van der Waals surface area contributed by atoms with E-state index in [1.165, 1.54) is 0 Å². The van der Waals surface area contributed by atoms with Crippen molar-refractivity contribution in [3.8, 4) is 11.5 Å². The highest BCUT2D eigenvalue weighted by atomic mass is 16.5. The van der Waals surface area contributed by atoms with Gasteiger partial charge < -0.3 is 19.9 Å². The number of hydrogen-bond acceptors (Lipinski definition) is 4. The third-order valence-corrected chi connectivity index (χ3v) is 2.40. The van der Waals surface area contributed by atoms with Crippen molar-refractivity contribution in [2.24, 2.45) is 0 Å². The standard InChI is InChI=1S/C13H19NO4/c1-4-14-13(16)8-18-12-7-10(17-3)5-6-11(12)9(2)15/h5-7,9,15H,4,8H2,1-3H3,(H,14,16). The molecule has 18 heavy (non-hydrogen) atoms. The molecule has 0 bridgehead atoms. The molecule has 0 saturated heterocycles. The van der Waals surface area contributed by atoms with Crippen molar-refractivity contribution >= 4 is 5.91 Å². The van der Waals surface area contributed by atoms with Crippen molar-refractivity contribution in [2.75, 3.05) is 20.3 Å². The molecule has 0 aromatic heterocycles. The van der Waals surface area contributed by atoms with Crippen LogP contribution in [-0.2, 0) is 4.79 Å². The van der Waals surface area contributed by atoms with Gasteiger partial charge in [0, 0.05) is 18.2 Å². The van der Waals surface area contributed by atoms with Crippen molar-refractivity contribution in [2.45, 2.75) is 20.0 Å². The van der Waals surface area contributed by atoms with Crippen molar-refractivity contribution in [3.63, 3.8) is 0 Å². The van der Waals surface area contributed by atoms with Gasteiger partial charge in [0.15, 0.2) is 6.61 Å². The van der Waals surface area contributed by atoms with Crippen molar-refractivity contribution in [3.05, 3.63) is 23.8 Å². The quantitative estimate of drug-likeness (QED) is 0.801. The zero-order valence-electron chi connectivity index (χ0n) is 10.9. The predicted octanol–water partition coefficient (Wildman–Crippen LogP) is 1.26. The molecular weight excluding hydrogens is 234 g/mol. The number of methoxy groups -OCH3 is 1. The molecule has 1 atom stereocenters. The molecule has 1 unspecified atom stereocenters. The van der Waals surface area contributed by atoms with Crippen LogP contribution in [0, 0.1) is 0 Å². The molecule has 1 aromatic carbocycles. The predicted molar refractivity (Wildman–Crippen MR) is 67.8 cm³/mol. The Labute approximate surface area is 107 Å². The monoisotopic (exact) mass is 253 g/mol. The minimum Gasteiger partial charge on any atom is -0.497 e. The van der Waals surface area contributed by atoms with Gasteiger partial charge >= 0.3 is 0 Å². The number of rotatable bonds is 6. The van der Waals surface area contributed by atoms with E-state index >= 15 is 0 Å². The zero-order chi connectivity index (χ0) is 13.5. The summed E-state index contributed by atoms with van der Waals surface area (Å²) in [5.74, 6) is 0.873. The molecule has 1 rings (SSSR count). The summed E-state index contributed by atoms with van der Waals surface area (Å²) < 4.78 is 10.5. The molecule has 0 saturated carbocycles. The van der Waals surface area contributed by atoms with Crippen LogP contribution in [0.3, 0.4) is 0 Å². The van der Waals surface area contributed by atoms with Gasteiger partial charge in [-0.15, -0.1) is 0 Å². The van der Waals surface area contributed by atoms with Crippen LogP contribution in [0.4, 0.5) is 0 Å². The Bertz CT molecular complexity index is 404. The summed E-state index contributed by atoms with van der Waals surface area (Å²) in [6.07, 6.45) is -0.667. The van der Waals surface area contributed by atoms with E-state index in [4.69, 9.17) is 9.47 Å². The molecule has 0 spiro atoms. The largest absolute Gasteiger partial charge is 0.497 e. The van der Waals surface area contributed by atoms with Crippen LogP contribution in [0.15, 0.2) is 18.2 Å². The van der Waals surface area contributed by atoms with Gasteiger partial charge in [-0.05, 0) is 26.0 Å². The Morgan fingerprint density at radius 2 is 2.22 bits per heavy atom. The van der Waals surface area contributed by atoms with Gasteiger partial charge in [-0.1, -0.05) is 0 Å². The summed E-state index contributed by atoms with van der Waals surface area (Å²) in [7, 11) is 1.55. The van der Waals surface area contributed by atoms with Crippen LogP contribution in [0.5, 0.6) is 11.5 Å². The van der Waals surface area contributed by atoms with Crippen molar-refractivity contribution < 1.29 is 19.4 Å². The lowest BCUT2D eigenvalue weighted by Crippen LogP contribution is -2.28. The summed E-state index contributed by atoms with van der Waals surface area (Å²) >= 11 is 0. The minimum atomic E-state index is -0.667. The van der Waals surface area contributed by atoms with Gasteiger partial charge in [-0.2, -0.15) is 0 Å². The maximum atomic E-state index is 11.3. The smallest absolute Gasteiger partial charge is 0.257 e. The summed E-state index contributed by atoms with van der Waals surface area (Å²) in [5, 5.41) is 12.3. The van der Waals surface area contributed by atoms with Gasteiger partial charge in [-0.3, -0.25) is 4.79 Å². The molecule has 5 heteroatoms. The topological polar surface area (TPSA) is 67.8 Å². The Morgan fingerprint density at radius 3 is 2.78 bits per heavy atom. The number of benzene rings is 1. The summed E-state index contributed by atoms with van der Waals surface area (Å²) in [6, 6.07) is 5.11. The average molecular weight is 253 g/mol. The minimum absolute atomic E-state index is 0.0826. The fourth-order valence-electron chi connectivity index (χ4n) is 1.50. The maximum absolute atomic E-state index is 11.3. The van der Waals surface area contributed by atoms with E-state index in [1.807, 2.05) is 6.92 Å².